The minimum Gasteiger partial charge on any atom is -0.493 e. The van der Waals surface area contributed by atoms with Gasteiger partial charge in [0.05, 0.1) is 14.2 Å². The summed E-state index contributed by atoms with van der Waals surface area (Å²) in [7, 11) is 3.31. The molecule has 0 atom stereocenters. The zero-order chi connectivity index (χ0) is 24.3. The zero-order valence-corrected chi connectivity index (χ0v) is 21.2. The van der Waals surface area contributed by atoms with Crippen LogP contribution in [-0.4, -0.2) is 79.1 Å². The van der Waals surface area contributed by atoms with Gasteiger partial charge in [-0.05, 0) is 61.3 Å². The lowest BCUT2D eigenvalue weighted by Gasteiger charge is -2.38. The Bertz CT molecular complexity index is 877. The van der Waals surface area contributed by atoms with Crippen molar-refractivity contribution < 1.29 is 14.3 Å². The second-order valence-electron chi connectivity index (χ2n) is 8.70. The molecule has 0 aliphatic carbocycles. The van der Waals surface area contributed by atoms with Crippen molar-refractivity contribution in [2.75, 3.05) is 53.5 Å². The number of pyridine rings is 1. The van der Waals surface area contributed by atoms with E-state index in [0.717, 1.165) is 76.7 Å². The number of hydrogen-bond donors (Lipinski definition) is 0. The van der Waals surface area contributed by atoms with Gasteiger partial charge in [-0.3, -0.25) is 19.6 Å². The first kappa shape index (κ1) is 26.0. The fourth-order valence-electron chi connectivity index (χ4n) is 4.71. The van der Waals surface area contributed by atoms with E-state index in [9.17, 15) is 4.79 Å². The van der Waals surface area contributed by atoms with Gasteiger partial charge in [0, 0.05) is 57.6 Å². The highest BCUT2D eigenvalue weighted by atomic mass is 16.5. The Morgan fingerprint density at radius 3 is 2.03 bits per heavy atom. The third-order valence-corrected chi connectivity index (χ3v) is 6.63. The number of piperidine rings is 1. The molecule has 2 saturated heterocycles. The molecule has 1 amide bonds. The van der Waals surface area contributed by atoms with Gasteiger partial charge in [-0.15, -0.1) is 0 Å². The van der Waals surface area contributed by atoms with E-state index in [1.54, 1.807) is 14.2 Å². The molecule has 2 aliphatic heterocycles. The number of nitrogens with zero attached hydrogens (tertiary/aromatic N) is 4. The van der Waals surface area contributed by atoms with Gasteiger partial charge in [0.25, 0.3) is 0 Å². The number of methoxy groups -OCH3 is 2. The molecule has 2 fully saturated rings. The van der Waals surface area contributed by atoms with Gasteiger partial charge >= 0.3 is 0 Å². The van der Waals surface area contributed by atoms with E-state index >= 15 is 0 Å². The lowest BCUT2D eigenvalue weighted by Crippen LogP contribution is -2.51. The van der Waals surface area contributed by atoms with Crippen LogP contribution in [0.15, 0.2) is 42.7 Å². The first-order chi connectivity index (χ1) is 16.7. The number of likely N-dealkylation sites (tertiary alicyclic amines) is 1. The number of aromatic nitrogens is 1. The number of carbonyl (C=O) groups excluding carboxylic acids is 1. The average molecular weight is 469 g/mol. The van der Waals surface area contributed by atoms with Crippen LogP contribution in [0.3, 0.4) is 0 Å². The topological polar surface area (TPSA) is 58.1 Å². The van der Waals surface area contributed by atoms with Crippen molar-refractivity contribution in [2.24, 2.45) is 5.92 Å². The van der Waals surface area contributed by atoms with E-state index < -0.39 is 0 Å². The number of piperazine rings is 1. The zero-order valence-electron chi connectivity index (χ0n) is 21.2. The molecular formula is C27H40N4O3. The van der Waals surface area contributed by atoms with Crippen LogP contribution >= 0.6 is 0 Å². The molecule has 3 heterocycles. The van der Waals surface area contributed by atoms with Gasteiger partial charge in [0.1, 0.15) is 0 Å². The number of benzene rings is 1. The normalized spacial score (nSPS) is 17.6. The molecule has 0 spiro atoms. The molecule has 0 N–H and O–H groups in total. The predicted molar refractivity (Wildman–Crippen MR) is 135 cm³/mol. The molecule has 0 unspecified atom stereocenters. The Labute approximate surface area is 204 Å². The molecule has 34 heavy (non-hydrogen) atoms. The average Bonchev–Trinajstić information content (AvgIpc) is 2.91. The number of carbonyl (C=O) groups is 1. The minimum atomic E-state index is 0.168. The smallest absolute Gasteiger partial charge is 0.225 e. The summed E-state index contributed by atoms with van der Waals surface area (Å²) in [6.07, 6.45) is 5.60. The molecule has 4 rings (SSSR count). The van der Waals surface area contributed by atoms with Gasteiger partial charge in [0.15, 0.2) is 11.5 Å². The maximum absolute atomic E-state index is 13.1. The number of hydrogen-bond acceptors (Lipinski definition) is 6. The summed E-state index contributed by atoms with van der Waals surface area (Å²) in [5.41, 5.74) is 2.49. The maximum Gasteiger partial charge on any atom is 0.225 e. The van der Waals surface area contributed by atoms with E-state index in [2.05, 4.69) is 37.9 Å². The van der Waals surface area contributed by atoms with Crippen molar-refractivity contribution in [3.05, 3.63) is 53.9 Å². The van der Waals surface area contributed by atoms with Crippen LogP contribution in [-0.2, 0) is 17.9 Å². The molecule has 0 saturated carbocycles. The van der Waals surface area contributed by atoms with Gasteiger partial charge in [-0.1, -0.05) is 19.9 Å². The molecule has 186 valence electrons. The van der Waals surface area contributed by atoms with Gasteiger partial charge in [0.2, 0.25) is 5.91 Å². The first-order valence-corrected chi connectivity index (χ1v) is 12.5. The van der Waals surface area contributed by atoms with Crippen LogP contribution < -0.4 is 9.47 Å². The van der Waals surface area contributed by atoms with Crippen molar-refractivity contribution in [3.63, 3.8) is 0 Å². The number of amides is 1. The third-order valence-electron chi connectivity index (χ3n) is 6.63. The van der Waals surface area contributed by atoms with Crippen LogP contribution in [0, 0.1) is 5.92 Å². The Kier molecular flexibility index (Phi) is 10.2. The lowest BCUT2D eigenvalue weighted by molar-refractivity contribution is -0.139. The maximum atomic E-state index is 13.1. The van der Waals surface area contributed by atoms with Crippen molar-refractivity contribution in [1.82, 2.24) is 19.7 Å². The number of rotatable bonds is 7. The van der Waals surface area contributed by atoms with Crippen molar-refractivity contribution in [3.8, 4) is 11.5 Å². The fourth-order valence-corrected chi connectivity index (χ4v) is 4.71. The van der Waals surface area contributed by atoms with Crippen LogP contribution in [0.1, 0.15) is 37.8 Å². The van der Waals surface area contributed by atoms with Crippen LogP contribution in [0.2, 0.25) is 0 Å². The van der Waals surface area contributed by atoms with Crippen molar-refractivity contribution in [1.29, 1.82) is 0 Å². The summed E-state index contributed by atoms with van der Waals surface area (Å²) in [5, 5.41) is 0. The third kappa shape index (κ3) is 6.93. The first-order valence-electron chi connectivity index (χ1n) is 12.5. The summed E-state index contributed by atoms with van der Waals surface area (Å²) in [6.45, 7) is 11.2. The van der Waals surface area contributed by atoms with Crippen LogP contribution in [0.4, 0.5) is 0 Å². The highest BCUT2D eigenvalue weighted by Gasteiger charge is 2.30. The molecule has 0 radical (unpaired) electrons. The van der Waals surface area contributed by atoms with Crippen LogP contribution in [0.5, 0.6) is 11.5 Å². The molecule has 7 nitrogen and oxygen atoms in total. The standard InChI is InChI=1S/C25H34N4O3.C2H6/c1-31-23-4-3-21(17-24(23)32-2)19-28-13-15-29(16-14-28)25(30)22-7-11-27(12-8-22)18-20-5-9-26-10-6-20;1-2/h3-6,9-10,17,22H,7-8,11-16,18-19H2,1-2H3;1-2H3. The predicted octanol–water partition coefficient (Wildman–Crippen LogP) is 3.68. The molecule has 2 aliphatic rings. The summed E-state index contributed by atoms with van der Waals surface area (Å²) in [6, 6.07) is 10.2. The monoisotopic (exact) mass is 468 g/mol. The fraction of sp³-hybridized carbons (Fsp3) is 0.556. The summed E-state index contributed by atoms with van der Waals surface area (Å²) in [4.78, 5) is 24.1. The summed E-state index contributed by atoms with van der Waals surface area (Å²) >= 11 is 0. The van der Waals surface area contributed by atoms with E-state index in [4.69, 9.17) is 9.47 Å². The van der Waals surface area contributed by atoms with Crippen molar-refractivity contribution in [2.45, 2.75) is 39.8 Å². The van der Waals surface area contributed by atoms with Crippen LogP contribution in [0.25, 0.3) is 0 Å². The highest BCUT2D eigenvalue weighted by Crippen LogP contribution is 2.28. The minimum absolute atomic E-state index is 0.168. The van der Waals surface area contributed by atoms with E-state index in [-0.39, 0.29) is 5.92 Å². The molecular weight excluding hydrogens is 428 g/mol. The highest BCUT2D eigenvalue weighted by molar-refractivity contribution is 5.79. The Balaban J connectivity index is 0.00000158. The molecule has 0 bridgehead atoms. The summed E-state index contributed by atoms with van der Waals surface area (Å²) < 4.78 is 10.7. The summed E-state index contributed by atoms with van der Waals surface area (Å²) in [5.74, 6) is 2.02. The Morgan fingerprint density at radius 1 is 0.824 bits per heavy atom. The van der Waals surface area contributed by atoms with Crippen molar-refractivity contribution >= 4 is 5.91 Å². The second kappa shape index (κ2) is 13.3. The lowest BCUT2D eigenvalue weighted by atomic mass is 9.94. The quantitative estimate of drug-likeness (QED) is 0.618. The molecule has 1 aromatic heterocycles. The molecule has 2 aromatic rings. The van der Waals surface area contributed by atoms with Gasteiger partial charge in [-0.25, -0.2) is 0 Å². The molecule has 1 aromatic carbocycles. The molecule has 7 heteroatoms. The van der Waals surface area contributed by atoms with Gasteiger partial charge in [-0.2, -0.15) is 0 Å². The van der Waals surface area contributed by atoms with E-state index in [1.165, 1.54) is 11.1 Å². The largest absolute Gasteiger partial charge is 0.493 e. The SMILES string of the molecule is CC.COc1ccc(CN2CCN(C(=O)C3CCN(Cc4ccncc4)CC3)CC2)cc1OC. The van der Waals surface area contributed by atoms with E-state index in [1.807, 2.05) is 38.4 Å². The Morgan fingerprint density at radius 2 is 1.41 bits per heavy atom. The number of ether oxygens (including phenoxy) is 2. The Hall–Kier alpha value is -2.64. The second-order valence-corrected chi connectivity index (χ2v) is 8.70. The van der Waals surface area contributed by atoms with E-state index in [0.29, 0.717) is 5.91 Å². The van der Waals surface area contributed by atoms with Gasteiger partial charge < -0.3 is 14.4 Å².